The molecule has 0 saturated carbocycles. The Morgan fingerprint density at radius 2 is 2.06 bits per heavy atom. The topological polar surface area (TPSA) is 46.3 Å². The number of nitrogens with two attached hydrogens (primary N) is 1. The van der Waals surface area contributed by atoms with E-state index in [1.165, 1.54) is 11.1 Å². The van der Waals surface area contributed by atoms with Gasteiger partial charge in [-0.3, -0.25) is 4.79 Å². The number of carbonyl (C=O) groups excluding carboxylic acids is 1. The quantitative estimate of drug-likeness (QED) is 0.865. The summed E-state index contributed by atoms with van der Waals surface area (Å²) in [5.41, 5.74) is 9.10. The maximum atomic E-state index is 12.1. The van der Waals surface area contributed by atoms with Gasteiger partial charge in [0.25, 0.3) is 0 Å². The number of benzene rings is 1. The van der Waals surface area contributed by atoms with Crippen molar-refractivity contribution in [3.8, 4) is 0 Å². The van der Waals surface area contributed by atoms with Gasteiger partial charge in [0.05, 0.1) is 6.42 Å². The van der Waals surface area contributed by atoms with Crippen molar-refractivity contribution in [1.29, 1.82) is 0 Å². The number of amides is 1. The van der Waals surface area contributed by atoms with E-state index in [0.717, 1.165) is 12.1 Å². The van der Waals surface area contributed by atoms with E-state index in [4.69, 9.17) is 5.73 Å². The number of rotatable bonds is 5. The summed E-state index contributed by atoms with van der Waals surface area (Å²) in [6, 6.07) is 6.21. The summed E-state index contributed by atoms with van der Waals surface area (Å²) in [6.07, 6.45) is 0.472. The summed E-state index contributed by atoms with van der Waals surface area (Å²) >= 11 is 0. The van der Waals surface area contributed by atoms with Crippen molar-refractivity contribution in [3.63, 3.8) is 0 Å². The SMILES string of the molecule is Cc1ccc(CC(=O)N(C)CC(C)CN)c(C)c1. The molecule has 0 spiro atoms. The van der Waals surface area contributed by atoms with Crippen LogP contribution in [0.15, 0.2) is 18.2 Å². The Morgan fingerprint density at radius 3 is 2.61 bits per heavy atom. The zero-order chi connectivity index (χ0) is 13.7. The molecule has 0 aliphatic rings. The Morgan fingerprint density at radius 1 is 1.39 bits per heavy atom. The number of carbonyl (C=O) groups is 1. The molecule has 0 fully saturated rings. The third-order valence-electron chi connectivity index (χ3n) is 3.25. The third-order valence-corrected chi connectivity index (χ3v) is 3.25. The first-order valence-corrected chi connectivity index (χ1v) is 6.44. The van der Waals surface area contributed by atoms with Crippen molar-refractivity contribution < 1.29 is 4.79 Å². The molecule has 1 unspecified atom stereocenters. The Bertz CT molecular complexity index is 415. The van der Waals surface area contributed by atoms with Gasteiger partial charge in [-0.05, 0) is 37.4 Å². The largest absolute Gasteiger partial charge is 0.345 e. The van der Waals surface area contributed by atoms with Crippen LogP contribution in [0, 0.1) is 19.8 Å². The fourth-order valence-corrected chi connectivity index (χ4v) is 1.99. The number of aryl methyl sites for hydroxylation is 2. The molecule has 0 saturated heterocycles. The standard InChI is InChI=1S/C15H24N2O/c1-11-5-6-14(13(3)7-11)8-15(18)17(4)10-12(2)9-16/h5-7,12H,8-10,16H2,1-4H3. The monoisotopic (exact) mass is 248 g/mol. The van der Waals surface area contributed by atoms with Crippen molar-refractivity contribution in [2.75, 3.05) is 20.1 Å². The van der Waals surface area contributed by atoms with E-state index in [0.29, 0.717) is 18.9 Å². The lowest BCUT2D eigenvalue weighted by atomic mass is 10.0. The molecule has 18 heavy (non-hydrogen) atoms. The molecule has 0 aromatic heterocycles. The summed E-state index contributed by atoms with van der Waals surface area (Å²) in [4.78, 5) is 13.9. The fourth-order valence-electron chi connectivity index (χ4n) is 1.99. The molecule has 1 atom stereocenters. The molecular weight excluding hydrogens is 224 g/mol. The minimum absolute atomic E-state index is 0.155. The van der Waals surface area contributed by atoms with Crippen LogP contribution in [0.5, 0.6) is 0 Å². The van der Waals surface area contributed by atoms with Gasteiger partial charge in [-0.15, -0.1) is 0 Å². The van der Waals surface area contributed by atoms with Crippen molar-refractivity contribution in [2.45, 2.75) is 27.2 Å². The minimum atomic E-state index is 0.155. The van der Waals surface area contributed by atoms with Gasteiger partial charge >= 0.3 is 0 Å². The normalized spacial score (nSPS) is 12.3. The maximum absolute atomic E-state index is 12.1. The van der Waals surface area contributed by atoms with Crippen LogP contribution in [-0.2, 0) is 11.2 Å². The Hall–Kier alpha value is -1.35. The lowest BCUT2D eigenvalue weighted by Gasteiger charge is -2.21. The van der Waals surface area contributed by atoms with Crippen LogP contribution in [-0.4, -0.2) is 30.9 Å². The molecule has 0 aliphatic heterocycles. The molecule has 0 bridgehead atoms. The van der Waals surface area contributed by atoms with E-state index in [1.54, 1.807) is 4.90 Å². The van der Waals surface area contributed by atoms with Gasteiger partial charge in [-0.25, -0.2) is 0 Å². The summed E-state index contributed by atoms with van der Waals surface area (Å²) < 4.78 is 0. The van der Waals surface area contributed by atoms with Crippen molar-refractivity contribution >= 4 is 5.91 Å². The second kappa shape index (κ2) is 6.55. The molecule has 1 rings (SSSR count). The van der Waals surface area contributed by atoms with Gasteiger partial charge in [-0.2, -0.15) is 0 Å². The van der Waals surface area contributed by atoms with Gasteiger partial charge < -0.3 is 10.6 Å². The number of hydrogen-bond donors (Lipinski definition) is 1. The molecule has 3 nitrogen and oxygen atoms in total. The zero-order valence-electron chi connectivity index (χ0n) is 11.9. The van der Waals surface area contributed by atoms with E-state index in [-0.39, 0.29) is 5.91 Å². The molecule has 0 aliphatic carbocycles. The van der Waals surface area contributed by atoms with Gasteiger partial charge in [0, 0.05) is 13.6 Å². The Labute approximate surface area is 110 Å². The van der Waals surface area contributed by atoms with Crippen LogP contribution in [0.1, 0.15) is 23.6 Å². The van der Waals surface area contributed by atoms with Crippen LogP contribution in [0.4, 0.5) is 0 Å². The molecule has 1 aromatic carbocycles. The lowest BCUT2D eigenvalue weighted by Crippen LogP contribution is -2.34. The van der Waals surface area contributed by atoms with E-state index >= 15 is 0 Å². The highest BCUT2D eigenvalue weighted by Crippen LogP contribution is 2.12. The van der Waals surface area contributed by atoms with Crippen LogP contribution in [0.25, 0.3) is 0 Å². The summed E-state index contributed by atoms with van der Waals surface area (Å²) in [5.74, 6) is 0.500. The minimum Gasteiger partial charge on any atom is -0.345 e. The van der Waals surface area contributed by atoms with Gasteiger partial charge in [-0.1, -0.05) is 30.7 Å². The van der Waals surface area contributed by atoms with Crippen LogP contribution in [0.2, 0.25) is 0 Å². The summed E-state index contributed by atoms with van der Waals surface area (Å²) in [6.45, 7) is 7.51. The number of likely N-dealkylation sites (N-methyl/N-ethyl adjacent to an activating group) is 1. The molecule has 100 valence electrons. The second-order valence-electron chi connectivity index (χ2n) is 5.22. The predicted molar refractivity (Wildman–Crippen MR) is 75.5 cm³/mol. The zero-order valence-corrected chi connectivity index (χ0v) is 11.9. The average molecular weight is 248 g/mol. The maximum Gasteiger partial charge on any atom is 0.226 e. The van der Waals surface area contributed by atoms with Crippen LogP contribution in [0.3, 0.4) is 0 Å². The van der Waals surface area contributed by atoms with Gasteiger partial charge in [0.1, 0.15) is 0 Å². The highest BCUT2D eigenvalue weighted by Gasteiger charge is 2.13. The Kier molecular flexibility index (Phi) is 5.35. The molecule has 1 amide bonds. The van der Waals surface area contributed by atoms with Gasteiger partial charge in [0.15, 0.2) is 0 Å². The van der Waals surface area contributed by atoms with Crippen molar-refractivity contribution in [2.24, 2.45) is 11.7 Å². The molecule has 2 N–H and O–H groups in total. The first kappa shape index (κ1) is 14.7. The third kappa shape index (κ3) is 4.15. The molecule has 0 heterocycles. The molecule has 0 radical (unpaired) electrons. The highest BCUT2D eigenvalue weighted by molar-refractivity contribution is 5.78. The fraction of sp³-hybridized carbons (Fsp3) is 0.533. The van der Waals surface area contributed by atoms with Gasteiger partial charge in [0.2, 0.25) is 5.91 Å². The Balaban J connectivity index is 2.64. The van der Waals surface area contributed by atoms with Crippen molar-refractivity contribution in [3.05, 3.63) is 34.9 Å². The van der Waals surface area contributed by atoms with Crippen molar-refractivity contribution in [1.82, 2.24) is 4.90 Å². The smallest absolute Gasteiger partial charge is 0.226 e. The summed E-state index contributed by atoms with van der Waals surface area (Å²) in [7, 11) is 1.85. The lowest BCUT2D eigenvalue weighted by molar-refractivity contribution is -0.129. The highest BCUT2D eigenvalue weighted by atomic mass is 16.2. The second-order valence-corrected chi connectivity index (χ2v) is 5.22. The average Bonchev–Trinajstić information content (AvgIpc) is 2.32. The summed E-state index contributed by atoms with van der Waals surface area (Å²) in [5, 5.41) is 0. The number of hydrogen-bond acceptors (Lipinski definition) is 2. The number of nitrogens with zero attached hydrogens (tertiary/aromatic N) is 1. The van der Waals surface area contributed by atoms with Crippen LogP contribution < -0.4 is 5.73 Å². The van der Waals surface area contributed by atoms with E-state index in [1.807, 2.05) is 13.1 Å². The molecular formula is C15H24N2O. The molecule has 1 aromatic rings. The molecule has 3 heteroatoms. The first-order valence-electron chi connectivity index (χ1n) is 6.44. The van der Waals surface area contributed by atoms with E-state index < -0.39 is 0 Å². The van der Waals surface area contributed by atoms with E-state index in [9.17, 15) is 4.79 Å². The van der Waals surface area contributed by atoms with E-state index in [2.05, 4.69) is 32.9 Å². The first-order chi connectivity index (χ1) is 8.43. The van der Waals surface area contributed by atoms with Crippen LogP contribution >= 0.6 is 0 Å². The predicted octanol–water partition coefficient (Wildman–Crippen LogP) is 1.90.